The van der Waals surface area contributed by atoms with E-state index in [1.807, 2.05) is 0 Å². The second kappa shape index (κ2) is 6.37. The molecule has 0 bridgehead atoms. The van der Waals surface area contributed by atoms with Gasteiger partial charge in [-0.1, -0.05) is 0 Å². The predicted octanol–water partition coefficient (Wildman–Crippen LogP) is -4.76. The van der Waals surface area contributed by atoms with Crippen molar-refractivity contribution < 1.29 is 25.5 Å². The van der Waals surface area contributed by atoms with Crippen molar-refractivity contribution in [3.05, 3.63) is 0 Å². The highest BCUT2D eigenvalue weighted by Crippen LogP contribution is 2.07. The number of aliphatic hydroxyl groups excluding tert-OH is 5. The second-order valence-electron chi connectivity index (χ2n) is 3.57. The Kier molecular flexibility index (Phi) is 5.42. The van der Waals surface area contributed by atoms with Crippen molar-refractivity contribution in [3.63, 3.8) is 0 Å². The van der Waals surface area contributed by atoms with Crippen LogP contribution in [0.25, 0.3) is 0 Å². The SMILES string of the molecule is OC[C@@H](O)[C@H](O)[C@H](O)[C@H](O)C1NNC(=S)NN1. The minimum atomic E-state index is -1.67. The fourth-order valence-corrected chi connectivity index (χ4v) is 1.38. The molecule has 1 rings (SSSR count). The summed E-state index contributed by atoms with van der Waals surface area (Å²) in [5, 5.41) is 46.6. The topological polar surface area (TPSA) is 149 Å². The van der Waals surface area contributed by atoms with Crippen molar-refractivity contribution in [2.45, 2.75) is 30.6 Å². The summed E-state index contributed by atoms with van der Waals surface area (Å²) in [6.45, 7) is -0.725. The lowest BCUT2D eigenvalue weighted by atomic mass is 10.0. The molecule has 0 radical (unpaired) electrons. The Hall–Kier alpha value is -0.590. The lowest BCUT2D eigenvalue weighted by Crippen LogP contribution is -2.71. The molecular formula is C7H16N4O5S. The van der Waals surface area contributed by atoms with Crippen molar-refractivity contribution in [3.8, 4) is 0 Å². The minimum absolute atomic E-state index is 0.249. The average molecular weight is 268 g/mol. The maximum Gasteiger partial charge on any atom is 0.195 e. The fraction of sp³-hybridized carbons (Fsp3) is 0.857. The first-order valence-electron chi connectivity index (χ1n) is 4.87. The maximum absolute atomic E-state index is 9.69. The molecule has 9 N–H and O–H groups in total. The molecular weight excluding hydrogens is 252 g/mol. The number of hydrazine groups is 2. The number of thiocarbonyl (C=S) groups is 1. The Morgan fingerprint density at radius 2 is 1.59 bits per heavy atom. The van der Waals surface area contributed by atoms with Crippen LogP contribution in [0.3, 0.4) is 0 Å². The molecule has 0 unspecified atom stereocenters. The predicted molar refractivity (Wildman–Crippen MR) is 60.0 cm³/mol. The summed E-state index contributed by atoms with van der Waals surface area (Å²) < 4.78 is 0. The summed E-state index contributed by atoms with van der Waals surface area (Å²) in [6, 6.07) is 0. The third-order valence-electron chi connectivity index (χ3n) is 2.31. The number of hydrogen-bond donors (Lipinski definition) is 9. The molecule has 1 saturated heterocycles. The molecule has 0 aromatic heterocycles. The number of hydrogen-bond acceptors (Lipinski definition) is 8. The lowest BCUT2D eigenvalue weighted by Gasteiger charge is -2.35. The summed E-state index contributed by atoms with van der Waals surface area (Å²) in [4.78, 5) is 0. The average Bonchev–Trinajstić information content (AvgIpc) is 2.36. The summed E-state index contributed by atoms with van der Waals surface area (Å²) in [7, 11) is 0. The molecule has 17 heavy (non-hydrogen) atoms. The Bertz CT molecular complexity index is 261. The van der Waals surface area contributed by atoms with Crippen molar-refractivity contribution in [2.24, 2.45) is 0 Å². The van der Waals surface area contributed by atoms with E-state index < -0.39 is 37.2 Å². The van der Waals surface area contributed by atoms with Gasteiger partial charge in [0.2, 0.25) is 0 Å². The molecule has 1 aliphatic heterocycles. The fourth-order valence-electron chi connectivity index (χ4n) is 1.26. The van der Waals surface area contributed by atoms with E-state index in [1.54, 1.807) is 0 Å². The van der Waals surface area contributed by atoms with E-state index in [9.17, 15) is 15.3 Å². The van der Waals surface area contributed by atoms with Crippen LogP contribution >= 0.6 is 12.2 Å². The molecule has 0 aromatic carbocycles. The zero-order valence-electron chi connectivity index (χ0n) is 8.74. The lowest BCUT2D eigenvalue weighted by molar-refractivity contribution is -0.126. The van der Waals surface area contributed by atoms with Crippen LogP contribution in [0.15, 0.2) is 0 Å². The molecule has 100 valence electrons. The molecule has 0 saturated carbocycles. The van der Waals surface area contributed by atoms with Gasteiger partial charge in [0, 0.05) is 0 Å². The van der Waals surface area contributed by atoms with E-state index in [2.05, 4.69) is 21.7 Å². The van der Waals surface area contributed by atoms with Crippen LogP contribution in [-0.2, 0) is 0 Å². The molecule has 0 spiro atoms. The smallest absolute Gasteiger partial charge is 0.195 e. The van der Waals surface area contributed by atoms with E-state index in [0.29, 0.717) is 0 Å². The number of rotatable bonds is 5. The van der Waals surface area contributed by atoms with Crippen molar-refractivity contribution in [1.29, 1.82) is 0 Å². The first kappa shape index (κ1) is 14.5. The summed E-state index contributed by atoms with van der Waals surface area (Å²) in [5.74, 6) is 0. The molecule has 10 heteroatoms. The van der Waals surface area contributed by atoms with E-state index >= 15 is 0 Å². The van der Waals surface area contributed by atoms with Crippen molar-refractivity contribution in [1.82, 2.24) is 21.7 Å². The van der Waals surface area contributed by atoms with Gasteiger partial charge in [-0.05, 0) is 12.2 Å². The van der Waals surface area contributed by atoms with Gasteiger partial charge in [-0.3, -0.25) is 10.9 Å². The molecule has 9 nitrogen and oxygen atoms in total. The first-order chi connectivity index (χ1) is 7.97. The highest BCUT2D eigenvalue weighted by atomic mass is 32.1. The third kappa shape index (κ3) is 3.69. The van der Waals surface area contributed by atoms with E-state index in [1.165, 1.54) is 0 Å². The van der Waals surface area contributed by atoms with Crippen molar-refractivity contribution in [2.75, 3.05) is 6.61 Å². The number of aliphatic hydroxyl groups is 5. The van der Waals surface area contributed by atoms with Crippen LogP contribution in [-0.4, -0.2) is 67.8 Å². The highest BCUT2D eigenvalue weighted by Gasteiger charge is 2.35. The molecule has 4 atom stereocenters. The Morgan fingerprint density at radius 3 is 2.06 bits per heavy atom. The summed E-state index contributed by atoms with van der Waals surface area (Å²) >= 11 is 4.71. The maximum atomic E-state index is 9.69. The minimum Gasteiger partial charge on any atom is -0.394 e. The summed E-state index contributed by atoms with van der Waals surface area (Å²) in [5.41, 5.74) is 10.0. The van der Waals surface area contributed by atoms with Crippen LogP contribution in [0.5, 0.6) is 0 Å². The van der Waals surface area contributed by atoms with E-state index in [-0.39, 0.29) is 5.11 Å². The zero-order chi connectivity index (χ0) is 13.0. The molecule has 0 aromatic rings. The monoisotopic (exact) mass is 268 g/mol. The van der Waals surface area contributed by atoms with Gasteiger partial charge in [-0.15, -0.1) is 0 Å². The summed E-state index contributed by atoms with van der Waals surface area (Å²) in [6.07, 6.45) is -7.17. The standard InChI is InChI=1S/C7H16N4O5S/c12-1-2(13)3(14)4(15)5(16)6-8-10-7(17)11-9-6/h2-6,8-9,12-16H,1H2,(H2,10,11,17)/t2-,3+,4+,5+/m1/s1. The van der Waals surface area contributed by atoms with Crippen LogP contribution in [0.4, 0.5) is 0 Å². The van der Waals surface area contributed by atoms with Gasteiger partial charge in [0.15, 0.2) is 5.11 Å². The molecule has 1 fully saturated rings. The Labute approximate surface area is 102 Å². The Balaban J connectivity index is 2.50. The van der Waals surface area contributed by atoms with Gasteiger partial charge < -0.3 is 25.5 Å². The highest BCUT2D eigenvalue weighted by molar-refractivity contribution is 7.80. The normalized spacial score (nSPS) is 24.4. The quantitative estimate of drug-likeness (QED) is 0.222. The van der Waals surface area contributed by atoms with Gasteiger partial charge >= 0.3 is 0 Å². The van der Waals surface area contributed by atoms with Crippen LogP contribution in [0.1, 0.15) is 0 Å². The Morgan fingerprint density at radius 1 is 1.06 bits per heavy atom. The largest absolute Gasteiger partial charge is 0.394 e. The van der Waals surface area contributed by atoms with E-state index in [0.717, 1.165) is 0 Å². The number of nitrogens with one attached hydrogen (secondary N) is 4. The van der Waals surface area contributed by atoms with E-state index in [4.69, 9.17) is 22.4 Å². The van der Waals surface area contributed by atoms with Crippen LogP contribution in [0, 0.1) is 0 Å². The van der Waals surface area contributed by atoms with Gasteiger partial charge in [0.05, 0.1) is 6.61 Å². The molecule has 0 amide bonds. The van der Waals surface area contributed by atoms with Gasteiger partial charge in [-0.2, -0.15) is 0 Å². The van der Waals surface area contributed by atoms with Gasteiger partial charge in [0.25, 0.3) is 0 Å². The molecule has 0 aliphatic carbocycles. The van der Waals surface area contributed by atoms with Crippen LogP contribution in [0.2, 0.25) is 0 Å². The van der Waals surface area contributed by atoms with Gasteiger partial charge in [0.1, 0.15) is 30.6 Å². The van der Waals surface area contributed by atoms with Gasteiger partial charge in [-0.25, -0.2) is 10.9 Å². The van der Waals surface area contributed by atoms with Crippen molar-refractivity contribution >= 4 is 17.3 Å². The molecule has 1 heterocycles. The first-order valence-corrected chi connectivity index (χ1v) is 5.28. The zero-order valence-corrected chi connectivity index (χ0v) is 9.55. The third-order valence-corrected chi connectivity index (χ3v) is 2.51. The molecule has 1 aliphatic rings. The second-order valence-corrected chi connectivity index (χ2v) is 3.98. The van der Waals surface area contributed by atoms with Crippen LogP contribution < -0.4 is 21.7 Å².